The van der Waals surface area contributed by atoms with Crippen molar-refractivity contribution in [2.45, 2.75) is 72.6 Å². The molecular formula is C21H34O3. The first-order chi connectivity index (χ1) is 11.3. The largest absolute Gasteiger partial charge is 0.373 e. The van der Waals surface area contributed by atoms with Crippen LogP contribution in [0.5, 0.6) is 0 Å². The molecule has 5 atom stereocenters. The van der Waals surface area contributed by atoms with Gasteiger partial charge in [-0.15, -0.1) is 0 Å². The third-order valence-corrected chi connectivity index (χ3v) is 5.20. The highest BCUT2D eigenvalue weighted by Gasteiger charge is 2.41. The highest BCUT2D eigenvalue weighted by molar-refractivity contribution is 5.13. The molecule has 1 aromatic rings. The second-order valence-electron chi connectivity index (χ2n) is 7.78. The summed E-state index contributed by atoms with van der Waals surface area (Å²) in [5.74, 6) is 0.678. The van der Waals surface area contributed by atoms with Crippen LogP contribution in [-0.2, 0) is 20.8 Å². The van der Waals surface area contributed by atoms with Crippen LogP contribution in [0.15, 0.2) is 30.3 Å². The van der Waals surface area contributed by atoms with Gasteiger partial charge in [-0.3, -0.25) is 0 Å². The van der Waals surface area contributed by atoms with E-state index in [9.17, 15) is 0 Å². The highest BCUT2D eigenvalue weighted by Crippen LogP contribution is 2.35. The molecule has 3 heteroatoms. The van der Waals surface area contributed by atoms with Crippen LogP contribution in [0.3, 0.4) is 0 Å². The van der Waals surface area contributed by atoms with Crippen LogP contribution >= 0.6 is 0 Å². The van der Waals surface area contributed by atoms with Crippen molar-refractivity contribution < 1.29 is 14.2 Å². The van der Waals surface area contributed by atoms with E-state index in [0.717, 1.165) is 13.0 Å². The summed E-state index contributed by atoms with van der Waals surface area (Å²) in [5.41, 5.74) is 1.22. The van der Waals surface area contributed by atoms with E-state index in [4.69, 9.17) is 14.2 Å². The van der Waals surface area contributed by atoms with Crippen molar-refractivity contribution in [3.8, 4) is 0 Å². The van der Waals surface area contributed by atoms with Crippen molar-refractivity contribution in [3.63, 3.8) is 0 Å². The molecule has 0 spiro atoms. The maximum absolute atomic E-state index is 6.39. The summed E-state index contributed by atoms with van der Waals surface area (Å²) in [6.07, 6.45) is 1.44. The highest BCUT2D eigenvalue weighted by atomic mass is 16.7. The molecule has 2 rings (SSSR count). The van der Waals surface area contributed by atoms with Gasteiger partial charge in [-0.25, -0.2) is 0 Å². The quantitative estimate of drug-likeness (QED) is 0.699. The second kappa shape index (κ2) is 8.46. The number of hydrogen-bond acceptors (Lipinski definition) is 3. The Labute approximate surface area is 147 Å². The zero-order valence-electron chi connectivity index (χ0n) is 16.1. The molecule has 0 aromatic heterocycles. The van der Waals surface area contributed by atoms with Crippen LogP contribution in [-0.4, -0.2) is 24.6 Å². The van der Waals surface area contributed by atoms with Crippen LogP contribution < -0.4 is 0 Å². The van der Waals surface area contributed by atoms with Crippen LogP contribution in [0, 0.1) is 17.8 Å². The molecule has 1 aliphatic heterocycles. The van der Waals surface area contributed by atoms with E-state index in [2.05, 4.69) is 52.0 Å². The van der Waals surface area contributed by atoms with Crippen LogP contribution in [0.1, 0.15) is 53.5 Å². The fourth-order valence-corrected chi connectivity index (χ4v) is 3.55. The van der Waals surface area contributed by atoms with Gasteiger partial charge in [0, 0.05) is 11.8 Å². The van der Waals surface area contributed by atoms with Gasteiger partial charge in [0.15, 0.2) is 5.79 Å². The van der Waals surface area contributed by atoms with Gasteiger partial charge in [-0.05, 0) is 25.3 Å². The van der Waals surface area contributed by atoms with E-state index in [-0.39, 0.29) is 12.2 Å². The summed E-state index contributed by atoms with van der Waals surface area (Å²) in [5, 5.41) is 0. The third-order valence-electron chi connectivity index (χ3n) is 5.20. The molecule has 0 amide bonds. The molecule has 0 bridgehead atoms. The van der Waals surface area contributed by atoms with E-state index in [1.807, 2.05) is 19.9 Å². The molecule has 3 nitrogen and oxygen atoms in total. The zero-order chi connectivity index (χ0) is 17.7. The van der Waals surface area contributed by atoms with Gasteiger partial charge in [0.05, 0.1) is 25.4 Å². The lowest BCUT2D eigenvalue weighted by molar-refractivity contribution is -0.306. The summed E-state index contributed by atoms with van der Waals surface area (Å²) in [6.45, 7) is 14.4. The molecule has 0 unspecified atom stereocenters. The standard InChI is InChI=1S/C21H34O3/c1-7-15(2)19(22-14-18-11-9-8-10-12-18)17(4)20-16(3)13-23-21(5,6)24-20/h8-12,15-17,19-20H,7,13-14H2,1-6H3/t15-,16-,17-,19-,20-/m1/s1. The predicted octanol–water partition coefficient (Wildman–Crippen LogP) is 5.04. The monoisotopic (exact) mass is 334 g/mol. The van der Waals surface area contributed by atoms with E-state index < -0.39 is 5.79 Å². The normalized spacial score (nSPS) is 27.4. The minimum Gasteiger partial charge on any atom is -0.373 e. The minimum absolute atomic E-state index is 0.156. The number of rotatable bonds is 7. The lowest BCUT2D eigenvalue weighted by atomic mass is 9.82. The Kier molecular flexibility index (Phi) is 6.85. The maximum atomic E-state index is 6.39. The zero-order valence-corrected chi connectivity index (χ0v) is 16.1. The van der Waals surface area contributed by atoms with Crippen molar-refractivity contribution in [2.75, 3.05) is 6.61 Å². The molecule has 24 heavy (non-hydrogen) atoms. The molecule has 0 radical (unpaired) electrons. The van der Waals surface area contributed by atoms with Gasteiger partial charge in [-0.1, -0.05) is 64.4 Å². The van der Waals surface area contributed by atoms with Crippen LogP contribution in [0.4, 0.5) is 0 Å². The van der Waals surface area contributed by atoms with Crippen molar-refractivity contribution in [3.05, 3.63) is 35.9 Å². The van der Waals surface area contributed by atoms with E-state index in [0.29, 0.717) is 24.4 Å². The lowest BCUT2D eigenvalue weighted by Gasteiger charge is -2.45. The Morgan fingerprint density at radius 3 is 2.50 bits per heavy atom. The van der Waals surface area contributed by atoms with Gasteiger partial charge in [-0.2, -0.15) is 0 Å². The lowest BCUT2D eigenvalue weighted by Crippen LogP contribution is -2.50. The Bertz CT molecular complexity index is 485. The van der Waals surface area contributed by atoms with Gasteiger partial charge in [0.25, 0.3) is 0 Å². The fourth-order valence-electron chi connectivity index (χ4n) is 3.55. The van der Waals surface area contributed by atoms with Gasteiger partial charge < -0.3 is 14.2 Å². The third kappa shape index (κ3) is 5.05. The molecule has 1 fully saturated rings. The van der Waals surface area contributed by atoms with Gasteiger partial charge >= 0.3 is 0 Å². The van der Waals surface area contributed by atoms with E-state index in [1.54, 1.807) is 0 Å². The summed E-state index contributed by atoms with van der Waals surface area (Å²) in [6, 6.07) is 10.4. The first-order valence-electron chi connectivity index (χ1n) is 9.31. The predicted molar refractivity (Wildman–Crippen MR) is 97.7 cm³/mol. The topological polar surface area (TPSA) is 27.7 Å². The second-order valence-corrected chi connectivity index (χ2v) is 7.78. The Morgan fingerprint density at radius 1 is 1.21 bits per heavy atom. The Morgan fingerprint density at radius 2 is 1.88 bits per heavy atom. The molecule has 0 saturated carbocycles. The molecule has 136 valence electrons. The first kappa shape index (κ1) is 19.4. The summed E-state index contributed by atoms with van der Waals surface area (Å²) >= 11 is 0. The molecule has 0 aliphatic carbocycles. The molecule has 1 heterocycles. The fraction of sp³-hybridized carbons (Fsp3) is 0.714. The molecular weight excluding hydrogens is 300 g/mol. The van der Waals surface area contributed by atoms with Crippen LogP contribution in [0.25, 0.3) is 0 Å². The van der Waals surface area contributed by atoms with Crippen molar-refractivity contribution in [1.29, 1.82) is 0 Å². The number of hydrogen-bond donors (Lipinski definition) is 0. The summed E-state index contributed by atoms with van der Waals surface area (Å²) < 4.78 is 18.5. The Hall–Kier alpha value is -0.900. The average molecular weight is 335 g/mol. The SMILES string of the molecule is CC[C@@H](C)[C@@H](OCc1ccccc1)[C@@H](C)[C@@H]1OC(C)(C)OC[C@H]1C. The average Bonchev–Trinajstić information content (AvgIpc) is 2.57. The number of ether oxygens (including phenoxy) is 3. The van der Waals surface area contributed by atoms with Crippen molar-refractivity contribution in [2.24, 2.45) is 17.8 Å². The Balaban J connectivity index is 2.08. The number of benzene rings is 1. The smallest absolute Gasteiger partial charge is 0.163 e. The van der Waals surface area contributed by atoms with E-state index in [1.165, 1.54) is 5.56 Å². The summed E-state index contributed by atoms with van der Waals surface area (Å²) in [4.78, 5) is 0. The summed E-state index contributed by atoms with van der Waals surface area (Å²) in [7, 11) is 0. The van der Waals surface area contributed by atoms with Gasteiger partial charge in [0.1, 0.15) is 0 Å². The molecule has 0 N–H and O–H groups in total. The molecule has 1 aromatic carbocycles. The van der Waals surface area contributed by atoms with Crippen molar-refractivity contribution >= 4 is 0 Å². The molecule has 1 saturated heterocycles. The first-order valence-corrected chi connectivity index (χ1v) is 9.31. The van der Waals surface area contributed by atoms with Crippen LogP contribution in [0.2, 0.25) is 0 Å². The van der Waals surface area contributed by atoms with E-state index >= 15 is 0 Å². The van der Waals surface area contributed by atoms with Gasteiger partial charge in [0.2, 0.25) is 0 Å². The minimum atomic E-state index is -0.509. The van der Waals surface area contributed by atoms with Crippen molar-refractivity contribution in [1.82, 2.24) is 0 Å². The molecule has 1 aliphatic rings. The maximum Gasteiger partial charge on any atom is 0.163 e.